The highest BCUT2D eigenvalue weighted by molar-refractivity contribution is 6.07. The molecule has 31 heavy (non-hydrogen) atoms. The molecule has 0 aliphatic heterocycles. The zero-order valence-electron chi connectivity index (χ0n) is 17.2. The fourth-order valence-electron chi connectivity index (χ4n) is 3.00. The van der Waals surface area contributed by atoms with Gasteiger partial charge in [-0.1, -0.05) is 47.6 Å². The number of hydrogen-bond acceptors (Lipinski definition) is 4. The molecule has 1 heterocycles. The standard InChI is InChI=1S/C22H21F3N4O2/c1-4-31-28-14(2)15-9-11-16(12-10-15)17-7-5-6-8-19(17)26-21(30)18-13-29(3)27-20(18)22(23,24)25/h5-13H,4H2,1-3H3,(H,26,30). The first-order valence-electron chi connectivity index (χ1n) is 9.49. The quantitative estimate of drug-likeness (QED) is 0.436. The summed E-state index contributed by atoms with van der Waals surface area (Å²) in [6, 6.07) is 14.3. The van der Waals surface area contributed by atoms with Gasteiger partial charge in [-0.25, -0.2) is 0 Å². The molecule has 0 atom stereocenters. The summed E-state index contributed by atoms with van der Waals surface area (Å²) in [5, 5.41) is 9.96. The normalized spacial score (nSPS) is 12.0. The summed E-state index contributed by atoms with van der Waals surface area (Å²) in [6.07, 6.45) is -3.68. The van der Waals surface area contributed by atoms with Crippen molar-refractivity contribution in [2.45, 2.75) is 20.0 Å². The van der Waals surface area contributed by atoms with Crippen LogP contribution in [0, 0.1) is 0 Å². The molecule has 0 aliphatic carbocycles. The lowest BCUT2D eigenvalue weighted by Gasteiger charge is -2.12. The van der Waals surface area contributed by atoms with Crippen molar-refractivity contribution >= 4 is 17.3 Å². The first-order chi connectivity index (χ1) is 14.7. The van der Waals surface area contributed by atoms with Crippen LogP contribution < -0.4 is 5.32 Å². The van der Waals surface area contributed by atoms with E-state index in [4.69, 9.17) is 4.84 Å². The van der Waals surface area contributed by atoms with Crippen LogP contribution in [0.3, 0.4) is 0 Å². The molecule has 3 rings (SSSR count). The van der Waals surface area contributed by atoms with Crippen molar-refractivity contribution in [1.82, 2.24) is 9.78 Å². The number of hydrogen-bond donors (Lipinski definition) is 1. The topological polar surface area (TPSA) is 68.5 Å². The van der Waals surface area contributed by atoms with Gasteiger partial charge in [-0.2, -0.15) is 18.3 Å². The smallest absolute Gasteiger partial charge is 0.396 e. The average molecular weight is 430 g/mol. The van der Waals surface area contributed by atoms with Gasteiger partial charge in [0.2, 0.25) is 0 Å². The van der Waals surface area contributed by atoms with E-state index in [9.17, 15) is 18.0 Å². The molecule has 162 valence electrons. The van der Waals surface area contributed by atoms with Crippen LogP contribution in [0.4, 0.5) is 18.9 Å². The van der Waals surface area contributed by atoms with Gasteiger partial charge in [-0.3, -0.25) is 9.48 Å². The lowest BCUT2D eigenvalue weighted by Crippen LogP contribution is -2.18. The zero-order chi connectivity index (χ0) is 22.6. The Hall–Kier alpha value is -3.62. The van der Waals surface area contributed by atoms with Gasteiger partial charge in [0, 0.05) is 24.5 Å². The molecule has 1 amide bonds. The molecular weight excluding hydrogens is 409 g/mol. The van der Waals surface area contributed by atoms with Gasteiger partial charge < -0.3 is 10.2 Å². The van der Waals surface area contributed by atoms with Crippen molar-refractivity contribution in [3.63, 3.8) is 0 Å². The van der Waals surface area contributed by atoms with Crippen LogP contribution >= 0.6 is 0 Å². The Morgan fingerprint density at radius 2 is 1.84 bits per heavy atom. The maximum absolute atomic E-state index is 13.2. The Kier molecular flexibility index (Phi) is 6.43. The van der Waals surface area contributed by atoms with Crippen LogP contribution in [0.1, 0.15) is 35.5 Å². The van der Waals surface area contributed by atoms with Crippen molar-refractivity contribution in [3.05, 3.63) is 71.5 Å². The zero-order valence-corrected chi connectivity index (χ0v) is 17.2. The highest BCUT2D eigenvalue weighted by Gasteiger charge is 2.39. The molecule has 0 saturated heterocycles. The van der Waals surface area contributed by atoms with Crippen molar-refractivity contribution in [3.8, 4) is 11.1 Å². The van der Waals surface area contributed by atoms with Crippen molar-refractivity contribution < 1.29 is 22.8 Å². The van der Waals surface area contributed by atoms with Gasteiger partial charge in [0.1, 0.15) is 6.61 Å². The molecule has 0 bridgehead atoms. The number of rotatable bonds is 6. The minimum atomic E-state index is -4.73. The summed E-state index contributed by atoms with van der Waals surface area (Å²) >= 11 is 0. The molecule has 0 fully saturated rings. The Labute approximate surface area is 177 Å². The maximum atomic E-state index is 13.2. The number of amides is 1. The molecule has 2 aromatic carbocycles. The second-order valence-electron chi connectivity index (χ2n) is 6.73. The van der Waals surface area contributed by atoms with Crippen LogP contribution in [-0.4, -0.2) is 28.0 Å². The Morgan fingerprint density at radius 3 is 2.48 bits per heavy atom. The van der Waals surface area contributed by atoms with Gasteiger partial charge in [0.05, 0.1) is 11.3 Å². The van der Waals surface area contributed by atoms with E-state index in [0.29, 0.717) is 23.6 Å². The molecule has 6 nitrogen and oxygen atoms in total. The van der Waals surface area contributed by atoms with E-state index in [-0.39, 0.29) is 0 Å². The number of halogens is 3. The lowest BCUT2D eigenvalue weighted by atomic mass is 10.0. The second-order valence-corrected chi connectivity index (χ2v) is 6.73. The molecule has 9 heteroatoms. The summed E-state index contributed by atoms with van der Waals surface area (Å²) < 4.78 is 40.6. The van der Waals surface area contributed by atoms with Crippen LogP contribution in [0.2, 0.25) is 0 Å². The van der Waals surface area contributed by atoms with Crippen LogP contribution in [-0.2, 0) is 18.1 Å². The SMILES string of the molecule is CCON=C(C)c1ccc(-c2ccccc2NC(=O)c2cn(C)nc2C(F)(F)F)cc1. The monoisotopic (exact) mass is 430 g/mol. The van der Waals surface area contributed by atoms with E-state index in [0.717, 1.165) is 22.0 Å². The first-order valence-corrected chi connectivity index (χ1v) is 9.49. The van der Waals surface area contributed by atoms with E-state index in [1.807, 2.05) is 38.1 Å². The summed E-state index contributed by atoms with van der Waals surface area (Å²) in [5.41, 5.74) is 1.65. The summed E-state index contributed by atoms with van der Waals surface area (Å²) in [7, 11) is 1.33. The fourth-order valence-corrected chi connectivity index (χ4v) is 3.00. The largest absolute Gasteiger partial charge is 0.435 e. The number of aromatic nitrogens is 2. The number of anilines is 1. The third-order valence-corrected chi connectivity index (χ3v) is 4.46. The van der Waals surface area contributed by atoms with Gasteiger partial charge >= 0.3 is 6.18 Å². The second kappa shape index (κ2) is 9.03. The van der Waals surface area contributed by atoms with E-state index >= 15 is 0 Å². The summed E-state index contributed by atoms with van der Waals surface area (Å²) in [5.74, 6) is -0.885. The highest BCUT2D eigenvalue weighted by Crippen LogP contribution is 2.32. The molecule has 0 unspecified atom stereocenters. The van der Waals surface area contributed by atoms with Gasteiger partial charge in [-0.05, 0) is 31.0 Å². The third kappa shape index (κ3) is 5.11. The fraction of sp³-hybridized carbons (Fsp3) is 0.227. The molecule has 0 saturated carbocycles. The highest BCUT2D eigenvalue weighted by atomic mass is 19.4. The number of carbonyl (C=O) groups excluding carboxylic acids is 1. The van der Waals surface area contributed by atoms with Gasteiger partial charge in [0.15, 0.2) is 5.69 Å². The molecular formula is C22H21F3N4O2. The van der Waals surface area contributed by atoms with E-state index in [1.165, 1.54) is 7.05 Å². The van der Waals surface area contributed by atoms with Crippen LogP contribution in [0.5, 0.6) is 0 Å². The molecule has 0 aliphatic rings. The predicted molar refractivity (Wildman–Crippen MR) is 112 cm³/mol. The Balaban J connectivity index is 1.89. The average Bonchev–Trinajstić information content (AvgIpc) is 3.15. The minimum absolute atomic E-state index is 0.386. The van der Waals surface area contributed by atoms with Crippen molar-refractivity contribution in [2.24, 2.45) is 12.2 Å². The van der Waals surface area contributed by atoms with E-state index in [1.54, 1.807) is 24.3 Å². The number of nitrogens with zero attached hydrogens (tertiary/aromatic N) is 3. The van der Waals surface area contributed by atoms with Gasteiger partial charge in [-0.15, -0.1) is 0 Å². The van der Waals surface area contributed by atoms with Crippen molar-refractivity contribution in [1.29, 1.82) is 0 Å². The summed E-state index contributed by atoms with van der Waals surface area (Å²) in [4.78, 5) is 17.7. The van der Waals surface area contributed by atoms with Crippen LogP contribution in [0.15, 0.2) is 59.9 Å². The number of nitrogens with one attached hydrogen (secondary N) is 1. The summed E-state index contributed by atoms with van der Waals surface area (Å²) in [6.45, 7) is 4.13. The Bertz CT molecular complexity index is 1100. The molecule has 1 N–H and O–H groups in total. The maximum Gasteiger partial charge on any atom is 0.435 e. The minimum Gasteiger partial charge on any atom is -0.396 e. The molecule has 3 aromatic rings. The molecule has 0 spiro atoms. The lowest BCUT2D eigenvalue weighted by molar-refractivity contribution is -0.141. The first kappa shape index (κ1) is 22.1. The number of aryl methyl sites for hydroxylation is 1. The number of carbonyl (C=O) groups is 1. The third-order valence-electron chi connectivity index (χ3n) is 4.46. The number of alkyl halides is 3. The molecule has 0 radical (unpaired) electrons. The number of para-hydroxylation sites is 1. The molecule has 1 aromatic heterocycles. The van der Waals surface area contributed by atoms with E-state index in [2.05, 4.69) is 15.6 Å². The number of benzene rings is 2. The number of oxime groups is 1. The van der Waals surface area contributed by atoms with E-state index < -0.39 is 23.3 Å². The predicted octanol–water partition coefficient (Wildman–Crippen LogP) is 5.12. The Morgan fingerprint density at radius 1 is 1.16 bits per heavy atom. The van der Waals surface area contributed by atoms with Gasteiger partial charge in [0.25, 0.3) is 5.91 Å². The van der Waals surface area contributed by atoms with Crippen molar-refractivity contribution in [2.75, 3.05) is 11.9 Å². The van der Waals surface area contributed by atoms with Crippen LogP contribution in [0.25, 0.3) is 11.1 Å².